The van der Waals surface area contributed by atoms with E-state index < -0.39 is 0 Å². The van der Waals surface area contributed by atoms with Crippen molar-refractivity contribution in [3.05, 3.63) is 156 Å². The highest BCUT2D eigenvalue weighted by atomic mass is 16.3. The van der Waals surface area contributed by atoms with E-state index in [0.717, 1.165) is 0 Å². The molecule has 0 aromatic heterocycles. The number of nitrogen functional groups attached to an aromatic ring is 1. The number of fused-ring (bicyclic) bond motifs is 8. The van der Waals surface area contributed by atoms with Gasteiger partial charge in [0.2, 0.25) is 0 Å². The highest BCUT2D eigenvalue weighted by molar-refractivity contribution is 6.23. The Morgan fingerprint density at radius 3 is 1.83 bits per heavy atom. The summed E-state index contributed by atoms with van der Waals surface area (Å²) in [4.78, 5) is 0. The molecule has 222 valence electrons. The van der Waals surface area contributed by atoms with Crippen molar-refractivity contribution < 1.29 is 5.11 Å². The number of phenols is 1. The van der Waals surface area contributed by atoms with E-state index in [4.69, 9.17) is 10.8 Å². The van der Waals surface area contributed by atoms with Gasteiger partial charge in [0.25, 0.3) is 0 Å². The molecule has 1 aliphatic carbocycles. The molecule has 1 aliphatic rings. The standard InChI is InChI=1S/C38H28.C6H7NO/c1-23-25-13-6-9-18-30(25)37(33-20-24-12-4-5-14-26(24)27-15-7-8-16-28(27)33)34-22-36-32(21-31(23)34)29-17-10-11-19-35(29)38(36,2)3;7-5-3-1-2-4-6(5)8/h4-22H,1-3H3;1-4,8H,7H2. The monoisotopic (exact) mass is 593 g/mol. The van der Waals surface area contributed by atoms with E-state index in [2.05, 4.69) is 136 Å². The van der Waals surface area contributed by atoms with Gasteiger partial charge in [0.05, 0.1) is 5.69 Å². The van der Waals surface area contributed by atoms with Crippen LogP contribution in [0.4, 0.5) is 5.69 Å². The summed E-state index contributed by atoms with van der Waals surface area (Å²) in [6, 6.07) is 49.8. The Balaban J connectivity index is 0.000000344. The lowest BCUT2D eigenvalue weighted by molar-refractivity contribution is 0.478. The lowest BCUT2D eigenvalue weighted by Gasteiger charge is -2.23. The number of anilines is 1. The molecule has 2 heteroatoms. The summed E-state index contributed by atoms with van der Waals surface area (Å²) in [7, 11) is 0. The number of benzene rings is 8. The first-order valence-corrected chi connectivity index (χ1v) is 15.9. The summed E-state index contributed by atoms with van der Waals surface area (Å²) < 4.78 is 0. The lowest BCUT2D eigenvalue weighted by Crippen LogP contribution is -2.14. The Labute approximate surface area is 269 Å². The number of phenolic OH excluding ortho intramolecular Hbond substituents is 1. The van der Waals surface area contributed by atoms with Crippen LogP contribution in [0.1, 0.15) is 30.5 Å². The fraction of sp³-hybridized carbons (Fsp3) is 0.0909. The van der Waals surface area contributed by atoms with Crippen molar-refractivity contribution in [2.45, 2.75) is 26.2 Å². The Bertz CT molecular complexity index is 2470. The van der Waals surface area contributed by atoms with E-state index in [1.54, 1.807) is 24.3 Å². The van der Waals surface area contributed by atoms with Gasteiger partial charge in [-0.15, -0.1) is 0 Å². The number of aromatic hydroxyl groups is 1. The third kappa shape index (κ3) is 4.18. The molecule has 0 atom stereocenters. The average Bonchev–Trinajstić information content (AvgIpc) is 3.31. The lowest BCUT2D eigenvalue weighted by atomic mass is 9.80. The second kappa shape index (κ2) is 10.5. The van der Waals surface area contributed by atoms with Crippen molar-refractivity contribution in [1.29, 1.82) is 0 Å². The number of nitrogens with two attached hydrogens (primary N) is 1. The molecular weight excluding hydrogens is 558 g/mol. The molecule has 0 saturated carbocycles. The van der Waals surface area contributed by atoms with Gasteiger partial charge < -0.3 is 10.8 Å². The Hall–Kier alpha value is -5.60. The van der Waals surface area contributed by atoms with E-state index in [0.29, 0.717) is 5.69 Å². The first-order chi connectivity index (χ1) is 22.3. The van der Waals surface area contributed by atoms with Gasteiger partial charge in [-0.25, -0.2) is 0 Å². The molecule has 8 aromatic rings. The topological polar surface area (TPSA) is 46.2 Å². The predicted molar refractivity (Wildman–Crippen MR) is 197 cm³/mol. The van der Waals surface area contributed by atoms with Gasteiger partial charge in [0, 0.05) is 5.41 Å². The molecule has 46 heavy (non-hydrogen) atoms. The smallest absolute Gasteiger partial charge is 0.138 e. The summed E-state index contributed by atoms with van der Waals surface area (Å²) >= 11 is 0. The van der Waals surface area contributed by atoms with Gasteiger partial charge in [0.1, 0.15) is 5.75 Å². The molecule has 0 saturated heterocycles. The molecule has 0 amide bonds. The van der Waals surface area contributed by atoms with Crippen molar-refractivity contribution in [3.63, 3.8) is 0 Å². The minimum Gasteiger partial charge on any atom is -0.506 e. The zero-order chi connectivity index (χ0) is 31.6. The molecule has 0 heterocycles. The minimum atomic E-state index is -0.0393. The van der Waals surface area contributed by atoms with Gasteiger partial charge in [-0.3, -0.25) is 0 Å². The second-order valence-corrected chi connectivity index (χ2v) is 12.9. The first kappa shape index (κ1) is 27.9. The average molecular weight is 594 g/mol. The summed E-state index contributed by atoms with van der Waals surface area (Å²) in [5.41, 5.74) is 15.3. The van der Waals surface area contributed by atoms with Crippen LogP contribution in [-0.2, 0) is 5.41 Å². The van der Waals surface area contributed by atoms with E-state index in [1.165, 1.54) is 82.0 Å². The van der Waals surface area contributed by atoms with Crippen molar-refractivity contribution in [3.8, 4) is 28.0 Å². The molecule has 0 fully saturated rings. The Morgan fingerprint density at radius 1 is 0.478 bits per heavy atom. The zero-order valence-corrected chi connectivity index (χ0v) is 26.3. The number of aryl methyl sites for hydroxylation is 1. The van der Waals surface area contributed by atoms with E-state index in [-0.39, 0.29) is 11.2 Å². The highest BCUT2D eigenvalue weighted by Gasteiger charge is 2.36. The van der Waals surface area contributed by atoms with Gasteiger partial charge in [-0.1, -0.05) is 123 Å². The maximum atomic E-state index is 8.79. The van der Waals surface area contributed by atoms with Gasteiger partial charge >= 0.3 is 0 Å². The van der Waals surface area contributed by atoms with Crippen molar-refractivity contribution in [1.82, 2.24) is 0 Å². The first-order valence-electron chi connectivity index (χ1n) is 15.9. The molecule has 2 nitrogen and oxygen atoms in total. The number of rotatable bonds is 1. The summed E-state index contributed by atoms with van der Waals surface area (Å²) in [5.74, 6) is 0.146. The summed E-state index contributed by atoms with van der Waals surface area (Å²) in [6.45, 7) is 7.05. The number of para-hydroxylation sites is 2. The maximum absolute atomic E-state index is 8.79. The van der Waals surface area contributed by atoms with Crippen molar-refractivity contribution >= 4 is 48.8 Å². The van der Waals surface area contributed by atoms with Crippen molar-refractivity contribution in [2.24, 2.45) is 0 Å². The molecular formula is C44H35NO. The van der Waals surface area contributed by atoms with E-state index >= 15 is 0 Å². The second-order valence-electron chi connectivity index (χ2n) is 12.9. The highest BCUT2D eigenvalue weighted by Crippen LogP contribution is 2.52. The predicted octanol–water partition coefficient (Wildman–Crippen LogP) is 11.6. The molecule has 9 rings (SSSR count). The van der Waals surface area contributed by atoms with E-state index in [9.17, 15) is 0 Å². The van der Waals surface area contributed by atoms with Crippen LogP contribution in [-0.4, -0.2) is 5.11 Å². The molecule has 3 N–H and O–H groups in total. The minimum absolute atomic E-state index is 0.0393. The van der Waals surface area contributed by atoms with Gasteiger partial charge in [-0.2, -0.15) is 0 Å². The fourth-order valence-corrected chi connectivity index (χ4v) is 7.62. The van der Waals surface area contributed by atoms with Crippen LogP contribution >= 0.6 is 0 Å². The van der Waals surface area contributed by atoms with Crippen LogP contribution in [0.3, 0.4) is 0 Å². The fourth-order valence-electron chi connectivity index (χ4n) is 7.62. The van der Waals surface area contributed by atoms with Gasteiger partial charge in [-0.05, 0) is 119 Å². The van der Waals surface area contributed by atoms with Crippen LogP contribution in [0.2, 0.25) is 0 Å². The molecule has 0 bridgehead atoms. The van der Waals surface area contributed by atoms with Crippen LogP contribution in [0.15, 0.2) is 140 Å². The quantitative estimate of drug-likeness (QED) is 0.0861. The Morgan fingerprint density at radius 2 is 1.09 bits per heavy atom. The van der Waals surface area contributed by atoms with Crippen molar-refractivity contribution in [2.75, 3.05) is 5.73 Å². The molecule has 0 radical (unpaired) electrons. The molecule has 0 unspecified atom stereocenters. The Kier molecular flexibility index (Phi) is 6.37. The van der Waals surface area contributed by atoms with Crippen LogP contribution in [0.25, 0.3) is 65.3 Å². The SMILES string of the molecule is Cc1c2ccccc2c(-c2cc3ccccc3c3ccccc23)c2cc3c(cc12)-c1ccccc1C3(C)C.Nc1ccccc1O. The van der Waals surface area contributed by atoms with E-state index in [1.807, 2.05) is 0 Å². The molecule has 8 aromatic carbocycles. The van der Waals surface area contributed by atoms with Crippen LogP contribution < -0.4 is 5.73 Å². The number of hydrogen-bond acceptors (Lipinski definition) is 2. The summed E-state index contributed by atoms with van der Waals surface area (Å²) in [6.07, 6.45) is 0. The van der Waals surface area contributed by atoms with Gasteiger partial charge in [0.15, 0.2) is 0 Å². The summed E-state index contributed by atoms with van der Waals surface area (Å²) in [5, 5.41) is 19.4. The van der Waals surface area contributed by atoms with Crippen LogP contribution in [0, 0.1) is 6.92 Å². The normalized spacial score (nSPS) is 13.0. The molecule has 0 spiro atoms. The maximum Gasteiger partial charge on any atom is 0.138 e. The number of hydrogen-bond donors (Lipinski definition) is 2. The zero-order valence-electron chi connectivity index (χ0n) is 26.3. The van der Waals surface area contributed by atoms with Crippen LogP contribution in [0.5, 0.6) is 5.75 Å². The third-order valence-corrected chi connectivity index (χ3v) is 9.97. The largest absolute Gasteiger partial charge is 0.506 e. The molecule has 0 aliphatic heterocycles. The third-order valence-electron chi connectivity index (χ3n) is 9.97.